The molecule has 0 radical (unpaired) electrons. The minimum atomic E-state index is -4.28. The summed E-state index contributed by atoms with van der Waals surface area (Å²) >= 11 is 2.09. The number of aryl methyl sites for hydroxylation is 1. The Kier molecular flexibility index (Phi) is 6.28. The largest absolute Gasteiger partial charge is 0.396 e. The molecule has 0 aliphatic heterocycles. The zero-order chi connectivity index (χ0) is 14.5. The molecule has 1 heterocycles. The van der Waals surface area contributed by atoms with Crippen LogP contribution in [0.1, 0.15) is 38.2 Å². The van der Waals surface area contributed by atoms with Gasteiger partial charge in [0.05, 0.1) is 9.26 Å². The normalized spacial score (nSPS) is 11.7. The van der Waals surface area contributed by atoms with E-state index in [1.165, 1.54) is 0 Å². The molecule has 0 aliphatic rings. The average Bonchev–Trinajstić information content (AvgIpc) is 2.29. The summed E-state index contributed by atoms with van der Waals surface area (Å²) in [6.07, 6.45) is -2.98. The van der Waals surface area contributed by atoms with Crippen molar-refractivity contribution in [3.63, 3.8) is 0 Å². The van der Waals surface area contributed by atoms with Crippen LogP contribution in [0.3, 0.4) is 0 Å². The Morgan fingerprint density at radius 1 is 1.16 bits per heavy atom. The number of anilines is 1. The van der Waals surface area contributed by atoms with E-state index in [-0.39, 0.29) is 5.82 Å². The third kappa shape index (κ3) is 5.50. The summed E-state index contributed by atoms with van der Waals surface area (Å²) in [5, 5.41) is 3.06. The van der Waals surface area contributed by atoms with E-state index in [1.54, 1.807) is 0 Å². The quantitative estimate of drug-likeness (QED) is 0.751. The van der Waals surface area contributed by atoms with Crippen LogP contribution in [0.4, 0.5) is 19.0 Å². The fraction of sp³-hybridized carbons (Fsp3) is 0.667. The number of hydrogen-bond donors (Lipinski definition) is 1. The monoisotopic (exact) mass is 387 g/mol. The van der Waals surface area contributed by atoms with Crippen molar-refractivity contribution in [2.45, 2.75) is 45.7 Å². The van der Waals surface area contributed by atoms with Gasteiger partial charge in [0.15, 0.2) is 0 Å². The summed E-state index contributed by atoms with van der Waals surface area (Å²) < 4.78 is 38.1. The lowest BCUT2D eigenvalue weighted by Gasteiger charge is -2.13. The molecule has 0 aromatic carbocycles. The molecule has 0 bridgehead atoms. The molecule has 0 amide bonds. The van der Waals surface area contributed by atoms with E-state index in [4.69, 9.17) is 0 Å². The van der Waals surface area contributed by atoms with E-state index < -0.39 is 12.6 Å². The number of nitrogens with one attached hydrogen (secondary N) is 1. The second kappa shape index (κ2) is 7.25. The molecule has 108 valence electrons. The van der Waals surface area contributed by atoms with E-state index in [2.05, 4.69) is 37.9 Å². The van der Waals surface area contributed by atoms with E-state index in [0.29, 0.717) is 24.5 Å². The third-order valence-corrected chi connectivity index (χ3v) is 3.49. The van der Waals surface area contributed by atoms with Crippen LogP contribution in [-0.4, -0.2) is 22.7 Å². The van der Waals surface area contributed by atoms with Crippen LogP contribution in [0.2, 0.25) is 0 Å². The molecular formula is C12H17F3IN3. The molecule has 19 heavy (non-hydrogen) atoms. The molecular weight excluding hydrogens is 370 g/mol. The van der Waals surface area contributed by atoms with E-state index in [0.717, 1.165) is 16.4 Å². The molecule has 1 rings (SSSR count). The zero-order valence-electron chi connectivity index (χ0n) is 10.9. The Morgan fingerprint density at radius 2 is 1.84 bits per heavy atom. The van der Waals surface area contributed by atoms with Gasteiger partial charge in [-0.2, -0.15) is 13.2 Å². The van der Waals surface area contributed by atoms with Gasteiger partial charge in [-0.25, -0.2) is 9.97 Å². The zero-order valence-corrected chi connectivity index (χ0v) is 13.1. The maximum Gasteiger partial charge on any atom is 0.396 e. The summed E-state index contributed by atoms with van der Waals surface area (Å²) in [7, 11) is 0. The van der Waals surface area contributed by atoms with Crippen molar-refractivity contribution < 1.29 is 13.2 Å². The summed E-state index contributed by atoms with van der Waals surface area (Å²) in [5.41, 5.74) is 0.691. The lowest BCUT2D eigenvalue weighted by atomic mass is 10.2. The van der Waals surface area contributed by atoms with Crippen molar-refractivity contribution in [2.75, 3.05) is 11.9 Å². The van der Waals surface area contributed by atoms with Crippen LogP contribution in [-0.2, 0) is 12.8 Å². The van der Waals surface area contributed by atoms with E-state index >= 15 is 0 Å². The van der Waals surface area contributed by atoms with Crippen molar-refractivity contribution in [3.05, 3.63) is 15.1 Å². The minimum absolute atomic E-state index is 0.157. The van der Waals surface area contributed by atoms with Crippen LogP contribution in [0.15, 0.2) is 0 Å². The van der Waals surface area contributed by atoms with Crippen molar-refractivity contribution in [3.8, 4) is 0 Å². The highest BCUT2D eigenvalue weighted by molar-refractivity contribution is 14.1. The summed E-state index contributed by atoms with van der Waals surface area (Å²) in [6.45, 7) is 4.65. The van der Waals surface area contributed by atoms with Crippen LogP contribution < -0.4 is 5.32 Å². The van der Waals surface area contributed by atoms with Gasteiger partial charge in [-0.15, -0.1) is 0 Å². The maximum absolute atomic E-state index is 12.4. The fourth-order valence-corrected chi connectivity index (χ4v) is 2.27. The van der Waals surface area contributed by atoms with Crippen molar-refractivity contribution in [2.24, 2.45) is 0 Å². The lowest BCUT2D eigenvalue weighted by molar-refractivity contribution is -0.128. The Balaban J connectivity index is 3.07. The molecule has 0 aliphatic carbocycles. The van der Waals surface area contributed by atoms with Crippen molar-refractivity contribution in [1.82, 2.24) is 9.97 Å². The minimum Gasteiger partial charge on any atom is -0.369 e. The second-order valence-corrected chi connectivity index (χ2v) is 5.30. The standard InChI is InChI=1S/C12H17F3IN3/c1-3-5-8-10(16)11(17-6-4-2)19-9(18-8)7-12(13,14)15/h3-7H2,1-2H3,(H,17,18,19). The van der Waals surface area contributed by atoms with E-state index in [9.17, 15) is 13.2 Å². The number of rotatable bonds is 6. The molecule has 7 heteroatoms. The number of hydrogen-bond acceptors (Lipinski definition) is 3. The highest BCUT2D eigenvalue weighted by Gasteiger charge is 2.30. The first-order chi connectivity index (χ1) is 8.87. The fourth-order valence-electron chi connectivity index (χ4n) is 1.57. The number of nitrogens with zero attached hydrogens (tertiary/aromatic N) is 2. The van der Waals surface area contributed by atoms with Gasteiger partial charge in [0, 0.05) is 6.54 Å². The summed E-state index contributed by atoms with van der Waals surface area (Å²) in [5.74, 6) is 0.357. The molecule has 1 aromatic rings. The van der Waals surface area contributed by atoms with Gasteiger partial charge < -0.3 is 5.32 Å². The first-order valence-electron chi connectivity index (χ1n) is 6.23. The van der Waals surface area contributed by atoms with Gasteiger partial charge in [0.2, 0.25) is 0 Å². The molecule has 0 spiro atoms. The van der Waals surface area contributed by atoms with Gasteiger partial charge in [-0.3, -0.25) is 0 Å². The van der Waals surface area contributed by atoms with Gasteiger partial charge in [0.25, 0.3) is 0 Å². The molecule has 1 aromatic heterocycles. The second-order valence-electron chi connectivity index (χ2n) is 4.22. The highest BCUT2D eigenvalue weighted by atomic mass is 127. The number of alkyl halides is 3. The molecule has 1 N–H and O–H groups in total. The topological polar surface area (TPSA) is 37.8 Å². The number of aromatic nitrogens is 2. The number of halogens is 4. The first-order valence-corrected chi connectivity index (χ1v) is 7.31. The predicted octanol–water partition coefficient (Wildman–Crippen LogP) is 3.96. The van der Waals surface area contributed by atoms with Crippen LogP contribution in [0, 0.1) is 3.57 Å². The molecule has 0 saturated heterocycles. The molecule has 0 unspecified atom stereocenters. The Bertz CT molecular complexity index is 421. The lowest BCUT2D eigenvalue weighted by Crippen LogP contribution is -2.17. The Labute approximate surface area is 124 Å². The first kappa shape index (κ1) is 16.5. The maximum atomic E-state index is 12.4. The van der Waals surface area contributed by atoms with Crippen LogP contribution >= 0.6 is 22.6 Å². The van der Waals surface area contributed by atoms with Crippen molar-refractivity contribution in [1.29, 1.82) is 0 Å². The van der Waals surface area contributed by atoms with Gasteiger partial charge in [0.1, 0.15) is 18.1 Å². The van der Waals surface area contributed by atoms with E-state index in [1.807, 2.05) is 13.8 Å². The SMILES string of the molecule is CCCNc1nc(CC(F)(F)F)nc(CCC)c1I. The Hall–Kier alpha value is -0.600. The summed E-state index contributed by atoms with van der Waals surface area (Å²) in [6, 6.07) is 0. The third-order valence-electron chi connectivity index (χ3n) is 2.35. The predicted molar refractivity (Wildman–Crippen MR) is 77.3 cm³/mol. The highest BCUT2D eigenvalue weighted by Crippen LogP contribution is 2.24. The van der Waals surface area contributed by atoms with Crippen LogP contribution in [0.25, 0.3) is 0 Å². The Morgan fingerprint density at radius 3 is 2.37 bits per heavy atom. The molecule has 0 fully saturated rings. The van der Waals surface area contributed by atoms with Gasteiger partial charge in [-0.05, 0) is 35.4 Å². The average molecular weight is 387 g/mol. The van der Waals surface area contributed by atoms with Crippen molar-refractivity contribution >= 4 is 28.4 Å². The molecule has 0 atom stereocenters. The molecule has 0 saturated carbocycles. The molecule has 3 nitrogen and oxygen atoms in total. The van der Waals surface area contributed by atoms with Gasteiger partial charge in [-0.1, -0.05) is 20.3 Å². The smallest absolute Gasteiger partial charge is 0.369 e. The van der Waals surface area contributed by atoms with Crippen LogP contribution in [0.5, 0.6) is 0 Å². The summed E-state index contributed by atoms with van der Waals surface area (Å²) in [4.78, 5) is 8.03. The van der Waals surface area contributed by atoms with Gasteiger partial charge >= 0.3 is 6.18 Å².